The van der Waals surface area contributed by atoms with Crippen LogP contribution in [0.2, 0.25) is 0 Å². The van der Waals surface area contributed by atoms with Crippen molar-refractivity contribution in [3.63, 3.8) is 0 Å². The summed E-state index contributed by atoms with van der Waals surface area (Å²) in [6.45, 7) is 4.52. The minimum atomic E-state index is 0.113. The Bertz CT molecular complexity index is 441. The molecule has 3 aliphatic carbocycles. The van der Waals surface area contributed by atoms with Crippen LogP contribution in [0.1, 0.15) is 90.9 Å². The lowest BCUT2D eigenvalue weighted by Gasteiger charge is -2.34. The zero-order valence-electron chi connectivity index (χ0n) is 16.8. The maximum atomic E-state index is 12.6. The van der Waals surface area contributed by atoms with Gasteiger partial charge >= 0.3 is 0 Å². The van der Waals surface area contributed by atoms with Gasteiger partial charge in [-0.3, -0.25) is 9.59 Å². The van der Waals surface area contributed by atoms with E-state index in [4.69, 9.17) is 0 Å². The molecule has 4 nitrogen and oxygen atoms in total. The van der Waals surface area contributed by atoms with Gasteiger partial charge in [0.25, 0.3) is 0 Å². The molecule has 2 amide bonds. The molecule has 0 bridgehead atoms. The molecule has 26 heavy (non-hydrogen) atoms. The van der Waals surface area contributed by atoms with Crippen LogP contribution in [-0.2, 0) is 9.59 Å². The predicted octanol–water partition coefficient (Wildman–Crippen LogP) is 4.18. The molecule has 0 spiro atoms. The number of nitrogens with one attached hydrogen (secondary N) is 2. The van der Waals surface area contributed by atoms with Gasteiger partial charge in [-0.15, -0.1) is 0 Å². The van der Waals surface area contributed by atoms with Crippen LogP contribution in [0.25, 0.3) is 0 Å². The first-order valence-corrected chi connectivity index (χ1v) is 11.2. The third-order valence-electron chi connectivity index (χ3n) is 7.35. The van der Waals surface area contributed by atoms with E-state index in [-0.39, 0.29) is 23.7 Å². The topological polar surface area (TPSA) is 58.2 Å². The van der Waals surface area contributed by atoms with Crippen molar-refractivity contribution < 1.29 is 9.59 Å². The Hall–Kier alpha value is -1.06. The highest BCUT2D eigenvalue weighted by atomic mass is 16.2. The Morgan fingerprint density at radius 2 is 0.923 bits per heavy atom. The van der Waals surface area contributed by atoms with Crippen molar-refractivity contribution in [2.45, 2.75) is 103 Å². The molecule has 148 valence electrons. The average molecular weight is 363 g/mol. The summed E-state index contributed by atoms with van der Waals surface area (Å²) < 4.78 is 0. The lowest BCUT2D eigenvalue weighted by atomic mass is 9.79. The van der Waals surface area contributed by atoms with Crippen LogP contribution in [0.3, 0.4) is 0 Å². The van der Waals surface area contributed by atoms with Gasteiger partial charge in [0, 0.05) is 23.9 Å². The Labute approximate surface area is 159 Å². The van der Waals surface area contributed by atoms with E-state index in [9.17, 15) is 9.59 Å². The van der Waals surface area contributed by atoms with Gasteiger partial charge in [-0.05, 0) is 63.2 Å². The molecule has 3 aliphatic rings. The number of carbonyl (C=O) groups is 2. The van der Waals surface area contributed by atoms with Crippen LogP contribution in [0, 0.1) is 23.7 Å². The zero-order chi connectivity index (χ0) is 18.5. The van der Waals surface area contributed by atoms with E-state index in [0.29, 0.717) is 23.9 Å². The van der Waals surface area contributed by atoms with Gasteiger partial charge < -0.3 is 10.6 Å². The van der Waals surface area contributed by atoms with E-state index in [1.54, 1.807) is 0 Å². The Balaban J connectivity index is 1.41. The normalized spacial score (nSPS) is 38.4. The van der Waals surface area contributed by atoms with Crippen molar-refractivity contribution in [2.75, 3.05) is 0 Å². The van der Waals surface area contributed by atoms with Gasteiger partial charge in [0.05, 0.1) is 0 Å². The van der Waals surface area contributed by atoms with Crippen LogP contribution < -0.4 is 10.6 Å². The highest BCUT2D eigenvalue weighted by Gasteiger charge is 2.33. The first-order chi connectivity index (χ1) is 12.5. The van der Waals surface area contributed by atoms with E-state index in [0.717, 1.165) is 38.5 Å². The summed E-state index contributed by atoms with van der Waals surface area (Å²) in [5.74, 6) is 1.91. The lowest BCUT2D eigenvalue weighted by molar-refractivity contribution is -0.131. The van der Waals surface area contributed by atoms with Crippen LogP contribution in [-0.4, -0.2) is 23.9 Å². The summed E-state index contributed by atoms with van der Waals surface area (Å²) in [5, 5.41) is 6.63. The molecule has 2 N–H and O–H groups in total. The molecule has 0 unspecified atom stereocenters. The first-order valence-electron chi connectivity index (χ1n) is 11.2. The number of carbonyl (C=O) groups excluding carboxylic acids is 2. The maximum Gasteiger partial charge on any atom is 0.223 e. The quantitative estimate of drug-likeness (QED) is 0.788. The van der Waals surface area contributed by atoms with Gasteiger partial charge in [0.15, 0.2) is 0 Å². The molecular formula is C22H38N2O2. The summed E-state index contributed by atoms with van der Waals surface area (Å²) >= 11 is 0. The number of amides is 2. The summed E-state index contributed by atoms with van der Waals surface area (Å²) in [6.07, 6.45) is 13.3. The molecule has 3 rings (SSSR count). The number of rotatable bonds is 4. The number of hydrogen-bond acceptors (Lipinski definition) is 2. The van der Waals surface area contributed by atoms with Gasteiger partial charge in [-0.1, -0.05) is 39.5 Å². The van der Waals surface area contributed by atoms with Crippen molar-refractivity contribution in [1.82, 2.24) is 10.6 Å². The molecule has 0 aliphatic heterocycles. The smallest absolute Gasteiger partial charge is 0.223 e. The van der Waals surface area contributed by atoms with Crippen molar-refractivity contribution >= 4 is 11.8 Å². The van der Waals surface area contributed by atoms with Gasteiger partial charge in [-0.25, -0.2) is 0 Å². The molecule has 4 atom stereocenters. The molecule has 0 aromatic heterocycles. The predicted molar refractivity (Wildman–Crippen MR) is 105 cm³/mol. The molecule has 0 aromatic carbocycles. The second-order valence-electron chi connectivity index (χ2n) is 9.30. The van der Waals surface area contributed by atoms with E-state index >= 15 is 0 Å². The standard InChI is InChI=1S/C22H38N2O2/c1-15-7-3-5-9-19(15)23-21(25)17-11-13-18(14-12-17)22(26)24-20-10-6-4-8-16(20)2/h15-20H,3-14H2,1-2H3,(H,23,25)(H,24,26)/t15-,16+,17?,18?,19+,20-. The average Bonchev–Trinajstić information content (AvgIpc) is 2.65. The highest BCUT2D eigenvalue weighted by molar-refractivity contribution is 5.81. The second-order valence-corrected chi connectivity index (χ2v) is 9.30. The fraction of sp³-hybridized carbons (Fsp3) is 0.909. The summed E-state index contributed by atoms with van der Waals surface area (Å²) in [4.78, 5) is 25.3. The Morgan fingerprint density at radius 3 is 1.27 bits per heavy atom. The van der Waals surface area contributed by atoms with E-state index in [2.05, 4.69) is 24.5 Å². The van der Waals surface area contributed by atoms with Crippen LogP contribution >= 0.6 is 0 Å². The second kappa shape index (κ2) is 9.23. The monoisotopic (exact) mass is 362 g/mol. The summed E-state index contributed by atoms with van der Waals surface area (Å²) in [5.41, 5.74) is 0. The van der Waals surface area contributed by atoms with Crippen molar-refractivity contribution in [2.24, 2.45) is 23.7 Å². The molecule has 3 fully saturated rings. The number of hydrogen-bond donors (Lipinski definition) is 2. The Kier molecular flexibility index (Phi) is 6.99. The molecule has 0 saturated heterocycles. The zero-order valence-corrected chi connectivity index (χ0v) is 16.8. The fourth-order valence-electron chi connectivity index (χ4n) is 5.28. The molecular weight excluding hydrogens is 324 g/mol. The minimum Gasteiger partial charge on any atom is -0.353 e. The molecule has 3 saturated carbocycles. The van der Waals surface area contributed by atoms with Gasteiger partial charge in [-0.2, -0.15) is 0 Å². The Morgan fingerprint density at radius 1 is 0.577 bits per heavy atom. The fourth-order valence-corrected chi connectivity index (χ4v) is 5.28. The van der Waals surface area contributed by atoms with Gasteiger partial charge in [0.1, 0.15) is 0 Å². The molecule has 0 radical (unpaired) electrons. The van der Waals surface area contributed by atoms with Gasteiger partial charge in [0.2, 0.25) is 11.8 Å². The van der Waals surface area contributed by atoms with Crippen molar-refractivity contribution in [3.8, 4) is 0 Å². The van der Waals surface area contributed by atoms with Crippen LogP contribution in [0.5, 0.6) is 0 Å². The van der Waals surface area contributed by atoms with E-state index in [1.807, 2.05) is 0 Å². The van der Waals surface area contributed by atoms with Crippen LogP contribution in [0.15, 0.2) is 0 Å². The van der Waals surface area contributed by atoms with Crippen molar-refractivity contribution in [3.05, 3.63) is 0 Å². The molecule has 0 heterocycles. The lowest BCUT2D eigenvalue weighted by Crippen LogP contribution is -2.46. The van der Waals surface area contributed by atoms with E-state index in [1.165, 1.54) is 38.5 Å². The maximum absolute atomic E-state index is 12.6. The SMILES string of the molecule is C[C@@H]1CCCC[C@@H]1NC(=O)C1CCC(C(=O)N[C@@H]2CCCC[C@@H]2C)CC1. The first kappa shape index (κ1) is 19.7. The minimum absolute atomic E-state index is 0.113. The highest BCUT2D eigenvalue weighted by Crippen LogP contribution is 2.31. The van der Waals surface area contributed by atoms with Crippen LogP contribution in [0.4, 0.5) is 0 Å². The molecule has 0 aromatic rings. The molecule has 4 heteroatoms. The summed E-state index contributed by atoms with van der Waals surface area (Å²) in [6, 6.07) is 0.732. The van der Waals surface area contributed by atoms with E-state index < -0.39 is 0 Å². The third kappa shape index (κ3) is 5.01. The summed E-state index contributed by atoms with van der Waals surface area (Å²) in [7, 11) is 0. The third-order valence-corrected chi connectivity index (χ3v) is 7.35. The largest absolute Gasteiger partial charge is 0.353 e. The van der Waals surface area contributed by atoms with Crippen molar-refractivity contribution in [1.29, 1.82) is 0 Å².